The van der Waals surface area contributed by atoms with Crippen molar-refractivity contribution in [3.05, 3.63) is 24.1 Å². The van der Waals surface area contributed by atoms with Crippen LogP contribution in [0.1, 0.15) is 38.6 Å². The molecule has 7 heteroatoms. The van der Waals surface area contributed by atoms with Crippen LogP contribution in [0.25, 0.3) is 11.4 Å². The predicted molar refractivity (Wildman–Crippen MR) is 91.3 cm³/mol. The van der Waals surface area contributed by atoms with Crippen molar-refractivity contribution in [2.45, 2.75) is 32.7 Å². The van der Waals surface area contributed by atoms with Crippen molar-refractivity contribution in [1.82, 2.24) is 15.5 Å². The van der Waals surface area contributed by atoms with Gasteiger partial charge in [-0.2, -0.15) is 4.98 Å². The Hall–Kier alpha value is -2.57. The zero-order valence-electron chi connectivity index (χ0n) is 14.9. The Balaban J connectivity index is 1.83. The normalized spacial score (nSPS) is 15.1. The number of methoxy groups -OCH3 is 2. The molecule has 1 aliphatic rings. The number of carbonyl (C=O) groups is 1. The number of benzene rings is 1. The highest BCUT2D eigenvalue weighted by molar-refractivity contribution is 5.81. The van der Waals surface area contributed by atoms with Crippen LogP contribution in [-0.4, -0.2) is 30.3 Å². The number of carbonyl (C=O) groups excluding carboxylic acids is 1. The van der Waals surface area contributed by atoms with Gasteiger partial charge in [0.1, 0.15) is 6.04 Å². The van der Waals surface area contributed by atoms with Gasteiger partial charge in [0, 0.05) is 11.5 Å². The number of ether oxygens (including phenoxy) is 2. The minimum atomic E-state index is -0.297. The Labute approximate surface area is 146 Å². The lowest BCUT2D eigenvalue weighted by Gasteiger charge is -2.18. The fraction of sp³-hybridized carbons (Fsp3) is 0.500. The van der Waals surface area contributed by atoms with Gasteiger partial charge >= 0.3 is 0 Å². The molecule has 3 rings (SSSR count). The third-order valence-corrected chi connectivity index (χ3v) is 4.26. The topological polar surface area (TPSA) is 86.5 Å². The van der Waals surface area contributed by atoms with Crippen molar-refractivity contribution in [3.63, 3.8) is 0 Å². The molecule has 25 heavy (non-hydrogen) atoms. The molecule has 7 nitrogen and oxygen atoms in total. The SMILES string of the molecule is COc1ccc(-c2noc([C@H](NC(=O)C3CC3)C(C)C)n2)cc1OC. The summed E-state index contributed by atoms with van der Waals surface area (Å²) in [4.78, 5) is 16.6. The second kappa shape index (κ2) is 7.13. The van der Waals surface area contributed by atoms with Gasteiger partial charge in [-0.15, -0.1) is 0 Å². The van der Waals surface area contributed by atoms with Gasteiger partial charge in [0.2, 0.25) is 17.6 Å². The van der Waals surface area contributed by atoms with E-state index in [1.54, 1.807) is 26.4 Å². The fourth-order valence-electron chi connectivity index (χ4n) is 2.58. The van der Waals surface area contributed by atoms with E-state index in [1.165, 1.54) is 0 Å². The molecule has 1 fully saturated rings. The molecule has 0 unspecified atom stereocenters. The van der Waals surface area contributed by atoms with E-state index in [4.69, 9.17) is 14.0 Å². The zero-order valence-corrected chi connectivity index (χ0v) is 14.9. The number of hydrogen-bond acceptors (Lipinski definition) is 6. The highest BCUT2D eigenvalue weighted by Gasteiger charge is 2.33. The molecule has 0 aliphatic heterocycles. The summed E-state index contributed by atoms with van der Waals surface area (Å²) in [6.07, 6.45) is 1.91. The fourth-order valence-corrected chi connectivity index (χ4v) is 2.58. The number of rotatable bonds is 7. The Bertz CT molecular complexity index is 753. The summed E-state index contributed by atoms with van der Waals surface area (Å²) in [5.41, 5.74) is 0.753. The molecule has 1 atom stereocenters. The molecule has 0 spiro atoms. The maximum absolute atomic E-state index is 12.1. The van der Waals surface area contributed by atoms with Crippen LogP contribution in [0.3, 0.4) is 0 Å². The lowest BCUT2D eigenvalue weighted by atomic mass is 10.0. The van der Waals surface area contributed by atoms with Crippen LogP contribution in [0.4, 0.5) is 0 Å². The number of nitrogens with zero attached hydrogens (tertiary/aromatic N) is 2. The molecule has 2 aromatic rings. The molecule has 1 aromatic heterocycles. The smallest absolute Gasteiger partial charge is 0.249 e. The summed E-state index contributed by atoms with van der Waals surface area (Å²) < 4.78 is 16.0. The highest BCUT2D eigenvalue weighted by atomic mass is 16.5. The van der Waals surface area contributed by atoms with Gasteiger partial charge in [-0.1, -0.05) is 19.0 Å². The van der Waals surface area contributed by atoms with Gasteiger partial charge in [-0.05, 0) is 37.0 Å². The molecule has 0 bridgehead atoms. The van der Waals surface area contributed by atoms with Crippen molar-refractivity contribution in [2.24, 2.45) is 11.8 Å². The van der Waals surface area contributed by atoms with Crippen LogP contribution in [0.5, 0.6) is 11.5 Å². The van der Waals surface area contributed by atoms with Crippen molar-refractivity contribution < 1.29 is 18.8 Å². The van der Waals surface area contributed by atoms with Gasteiger partial charge in [0.05, 0.1) is 14.2 Å². The van der Waals surface area contributed by atoms with E-state index in [2.05, 4.69) is 15.5 Å². The molecule has 134 valence electrons. The lowest BCUT2D eigenvalue weighted by Crippen LogP contribution is -2.33. The van der Waals surface area contributed by atoms with Crippen LogP contribution in [0, 0.1) is 11.8 Å². The molecule has 1 aromatic carbocycles. The maximum Gasteiger partial charge on any atom is 0.249 e. The van der Waals surface area contributed by atoms with Gasteiger partial charge in [-0.25, -0.2) is 0 Å². The van der Waals surface area contributed by atoms with Gasteiger partial charge in [-0.3, -0.25) is 4.79 Å². The minimum absolute atomic E-state index is 0.0598. The van der Waals surface area contributed by atoms with Gasteiger partial charge < -0.3 is 19.3 Å². The van der Waals surface area contributed by atoms with Crippen LogP contribution in [0.2, 0.25) is 0 Å². The van der Waals surface area contributed by atoms with Crippen molar-refractivity contribution >= 4 is 5.91 Å². The standard InChI is InChI=1S/C18H23N3O4/c1-10(2)15(19-17(22)11-5-6-11)18-20-16(21-25-18)12-7-8-13(23-3)14(9-12)24-4/h7-11,15H,5-6H2,1-4H3,(H,19,22)/t15-/m1/s1. The van der Waals surface area contributed by atoms with Crippen LogP contribution < -0.4 is 14.8 Å². The Morgan fingerprint density at radius 3 is 2.56 bits per heavy atom. The summed E-state index contributed by atoms with van der Waals surface area (Å²) in [5.74, 6) is 2.41. The van der Waals surface area contributed by atoms with E-state index < -0.39 is 0 Å². The predicted octanol–water partition coefficient (Wildman–Crippen LogP) is 2.98. The number of amides is 1. The molecule has 1 saturated carbocycles. The number of aromatic nitrogens is 2. The molecule has 1 aliphatic carbocycles. The average Bonchev–Trinajstić information content (AvgIpc) is 3.36. The highest BCUT2D eigenvalue weighted by Crippen LogP contribution is 2.33. The molecular formula is C18H23N3O4. The molecule has 0 radical (unpaired) electrons. The van der Waals surface area contributed by atoms with Gasteiger partial charge in [0.15, 0.2) is 11.5 Å². The van der Waals surface area contributed by atoms with Crippen LogP contribution in [-0.2, 0) is 4.79 Å². The Kier molecular flexibility index (Phi) is 4.92. The number of hydrogen-bond donors (Lipinski definition) is 1. The average molecular weight is 345 g/mol. The van der Waals surface area contributed by atoms with E-state index >= 15 is 0 Å². The molecule has 1 amide bonds. The second-order valence-electron chi connectivity index (χ2n) is 6.53. The minimum Gasteiger partial charge on any atom is -0.493 e. The van der Waals surface area contributed by atoms with E-state index in [-0.39, 0.29) is 23.8 Å². The Morgan fingerprint density at radius 2 is 1.96 bits per heavy atom. The van der Waals surface area contributed by atoms with Crippen molar-refractivity contribution in [1.29, 1.82) is 0 Å². The second-order valence-corrected chi connectivity index (χ2v) is 6.53. The summed E-state index contributed by atoms with van der Waals surface area (Å²) in [6.45, 7) is 4.02. The summed E-state index contributed by atoms with van der Waals surface area (Å²) >= 11 is 0. The first-order valence-electron chi connectivity index (χ1n) is 8.39. The van der Waals surface area contributed by atoms with E-state index in [1.807, 2.05) is 19.9 Å². The first-order valence-corrected chi connectivity index (χ1v) is 8.39. The molecular weight excluding hydrogens is 322 g/mol. The molecule has 1 heterocycles. The third-order valence-electron chi connectivity index (χ3n) is 4.26. The van der Waals surface area contributed by atoms with E-state index in [9.17, 15) is 4.79 Å². The maximum atomic E-state index is 12.1. The van der Waals surface area contributed by atoms with Crippen LogP contribution >= 0.6 is 0 Å². The van der Waals surface area contributed by atoms with Crippen LogP contribution in [0.15, 0.2) is 22.7 Å². The molecule has 0 saturated heterocycles. The largest absolute Gasteiger partial charge is 0.493 e. The third kappa shape index (κ3) is 3.75. The first kappa shape index (κ1) is 17.3. The monoisotopic (exact) mass is 345 g/mol. The van der Waals surface area contributed by atoms with Crippen molar-refractivity contribution in [3.8, 4) is 22.9 Å². The summed E-state index contributed by atoms with van der Waals surface area (Å²) in [7, 11) is 3.16. The quantitative estimate of drug-likeness (QED) is 0.830. The number of nitrogens with one attached hydrogen (secondary N) is 1. The van der Waals surface area contributed by atoms with E-state index in [0.29, 0.717) is 23.2 Å². The Morgan fingerprint density at radius 1 is 1.24 bits per heavy atom. The lowest BCUT2D eigenvalue weighted by molar-refractivity contribution is -0.123. The van der Waals surface area contributed by atoms with E-state index in [0.717, 1.165) is 18.4 Å². The van der Waals surface area contributed by atoms with Gasteiger partial charge in [0.25, 0.3) is 0 Å². The first-order chi connectivity index (χ1) is 12.0. The molecule has 1 N–H and O–H groups in total. The summed E-state index contributed by atoms with van der Waals surface area (Å²) in [6, 6.07) is 5.12. The summed E-state index contributed by atoms with van der Waals surface area (Å²) in [5, 5.41) is 7.08. The zero-order chi connectivity index (χ0) is 18.0. The van der Waals surface area contributed by atoms with Crippen molar-refractivity contribution in [2.75, 3.05) is 14.2 Å².